The van der Waals surface area contributed by atoms with E-state index in [1.54, 1.807) is 12.1 Å². The highest BCUT2D eigenvalue weighted by Gasteiger charge is 2.70. The van der Waals surface area contributed by atoms with Crippen LogP contribution in [0.3, 0.4) is 0 Å². The maximum absolute atomic E-state index is 13.2. The number of epoxide rings is 1. The van der Waals surface area contributed by atoms with E-state index in [1.165, 1.54) is 7.11 Å². The standard InChI is InChI=1S/C35H40ClN3O6.HI/c1-39(2)29-17-24(18-30(39)34-33(29)45-34)44-35(42)38-27-15-21(13-14-25(27)22-10-5-4-6-11-22)9-7-8-12-32(41)37-28-19-31(43-3)23(20-40)16-26(28)36;/h4-6,10-11,13-16,19,24,29-30,33-34,40H,7-9,12,17-18,20H2,1-3H3,(H-,37,38,41,42);1H/t24?,29-,30+,33-,34+;. The highest BCUT2D eigenvalue weighted by atomic mass is 127. The van der Waals surface area contributed by atoms with Gasteiger partial charge in [-0.15, -0.1) is 0 Å². The van der Waals surface area contributed by atoms with E-state index in [4.69, 9.17) is 25.8 Å². The molecule has 3 aliphatic rings. The molecule has 3 heterocycles. The number of quaternary nitrogens is 1. The van der Waals surface area contributed by atoms with Crippen LogP contribution in [0.15, 0.2) is 60.7 Å². The van der Waals surface area contributed by atoms with Gasteiger partial charge in [-0.25, -0.2) is 4.79 Å². The molecule has 3 aromatic rings. The number of fused-ring (bicyclic) bond motifs is 5. The highest BCUT2D eigenvalue weighted by molar-refractivity contribution is 6.33. The predicted octanol–water partition coefficient (Wildman–Crippen LogP) is 3.17. The van der Waals surface area contributed by atoms with E-state index < -0.39 is 6.09 Å². The number of carbonyl (C=O) groups is 2. The van der Waals surface area contributed by atoms with Crippen molar-refractivity contribution in [2.24, 2.45) is 0 Å². The summed E-state index contributed by atoms with van der Waals surface area (Å²) in [4.78, 5) is 25.8. The van der Waals surface area contributed by atoms with E-state index in [0.717, 1.165) is 46.9 Å². The number of hydrogen-bond donors (Lipinski definition) is 3. The second kappa shape index (κ2) is 14.5. The molecular formula is C35H41ClIN3O6. The Labute approximate surface area is 292 Å². The van der Waals surface area contributed by atoms with Crippen molar-refractivity contribution in [3.8, 4) is 16.9 Å². The Morgan fingerprint density at radius 1 is 0.978 bits per heavy atom. The summed E-state index contributed by atoms with van der Waals surface area (Å²) >= 11 is 6.29. The van der Waals surface area contributed by atoms with Crippen LogP contribution < -0.4 is 39.3 Å². The van der Waals surface area contributed by atoms with Crippen LogP contribution in [0.1, 0.15) is 43.2 Å². The summed E-state index contributed by atoms with van der Waals surface area (Å²) in [5.74, 6) is 0.312. The zero-order valence-electron chi connectivity index (χ0n) is 26.3. The second-order valence-corrected chi connectivity index (χ2v) is 13.2. The first kappa shape index (κ1) is 34.4. The summed E-state index contributed by atoms with van der Waals surface area (Å²) in [6, 6.07) is 20.0. The molecule has 1 unspecified atom stereocenters. The van der Waals surface area contributed by atoms with Gasteiger partial charge in [-0.2, -0.15) is 0 Å². The molecule has 3 saturated heterocycles. The molecule has 0 radical (unpaired) electrons. The second-order valence-electron chi connectivity index (χ2n) is 12.8. The van der Waals surface area contributed by atoms with Crippen LogP contribution in [0.5, 0.6) is 5.75 Å². The van der Waals surface area contributed by atoms with Crippen molar-refractivity contribution in [1.29, 1.82) is 0 Å². The number of nitrogens with one attached hydrogen (secondary N) is 2. The smallest absolute Gasteiger partial charge is 0.411 e. The third-order valence-corrected chi connectivity index (χ3v) is 9.96. The van der Waals surface area contributed by atoms with Gasteiger partial charge in [0.15, 0.2) is 0 Å². The molecule has 3 aliphatic heterocycles. The van der Waals surface area contributed by atoms with E-state index in [-0.39, 0.29) is 42.6 Å². The maximum Gasteiger partial charge on any atom is 0.411 e. The van der Waals surface area contributed by atoms with Gasteiger partial charge in [-0.1, -0.05) is 54.1 Å². The van der Waals surface area contributed by atoms with E-state index in [1.807, 2.05) is 42.5 Å². The van der Waals surface area contributed by atoms with Crippen LogP contribution in [0, 0.1) is 0 Å². The first-order chi connectivity index (χ1) is 21.7. The Hall–Kier alpha value is -2.90. The zero-order valence-corrected chi connectivity index (χ0v) is 29.2. The van der Waals surface area contributed by atoms with Gasteiger partial charge in [0.1, 0.15) is 36.1 Å². The molecule has 0 saturated carbocycles. The quantitative estimate of drug-likeness (QED) is 0.120. The molecule has 0 aliphatic carbocycles. The van der Waals surface area contributed by atoms with Crippen LogP contribution in [-0.4, -0.2) is 73.2 Å². The minimum absolute atomic E-state index is 0. The van der Waals surface area contributed by atoms with E-state index >= 15 is 0 Å². The molecule has 3 N–H and O–H groups in total. The van der Waals surface area contributed by atoms with Crippen LogP contribution in [0.2, 0.25) is 5.02 Å². The number of aryl methyl sites for hydroxylation is 1. The number of aliphatic hydroxyl groups excluding tert-OH is 1. The number of rotatable bonds is 11. The predicted molar refractivity (Wildman–Crippen MR) is 173 cm³/mol. The first-order valence-electron chi connectivity index (χ1n) is 15.6. The molecule has 2 bridgehead atoms. The average Bonchev–Trinajstić information content (AvgIpc) is 3.79. The lowest BCUT2D eigenvalue weighted by atomic mass is 9.96. The fourth-order valence-corrected chi connectivity index (χ4v) is 7.38. The molecule has 246 valence electrons. The molecular weight excluding hydrogens is 721 g/mol. The number of piperidine rings is 1. The molecule has 0 aromatic heterocycles. The number of amides is 2. The molecule has 3 fully saturated rings. The average molecular weight is 762 g/mol. The Kier molecular flexibility index (Phi) is 10.8. The fraction of sp³-hybridized carbons (Fsp3) is 0.429. The summed E-state index contributed by atoms with van der Waals surface area (Å²) in [5.41, 5.74) is 4.69. The third-order valence-electron chi connectivity index (χ3n) is 9.65. The van der Waals surface area contributed by atoms with Gasteiger partial charge in [0, 0.05) is 36.5 Å². The molecule has 9 nitrogen and oxygen atoms in total. The Morgan fingerprint density at radius 3 is 2.37 bits per heavy atom. The third kappa shape index (κ3) is 7.31. The number of nitrogens with zero attached hydrogens (tertiary/aromatic N) is 1. The monoisotopic (exact) mass is 761 g/mol. The lowest BCUT2D eigenvalue weighted by molar-refractivity contribution is -0.938. The number of likely N-dealkylation sites (N-methyl/N-ethyl adjacent to an activating group) is 1. The van der Waals surface area contributed by atoms with E-state index in [9.17, 15) is 14.7 Å². The molecule has 2 amide bonds. The van der Waals surface area contributed by atoms with Crippen molar-refractivity contribution < 1.29 is 57.4 Å². The largest absolute Gasteiger partial charge is 1.00 e. The van der Waals surface area contributed by atoms with Gasteiger partial charge in [0.25, 0.3) is 0 Å². The number of halogens is 2. The zero-order chi connectivity index (χ0) is 31.7. The van der Waals surface area contributed by atoms with Gasteiger partial charge < -0.3 is 53.1 Å². The number of morpholine rings is 1. The number of methoxy groups -OCH3 is 1. The lowest BCUT2D eigenvalue weighted by Gasteiger charge is -2.45. The number of aliphatic hydroxyl groups is 1. The number of anilines is 2. The lowest BCUT2D eigenvalue weighted by Crippen LogP contribution is -3.00. The van der Waals surface area contributed by atoms with Crippen molar-refractivity contribution in [1.82, 2.24) is 0 Å². The highest BCUT2D eigenvalue weighted by Crippen LogP contribution is 2.51. The van der Waals surface area contributed by atoms with Crippen LogP contribution >= 0.6 is 11.6 Å². The van der Waals surface area contributed by atoms with Crippen LogP contribution in [-0.2, 0) is 27.3 Å². The molecule has 5 atom stereocenters. The minimum atomic E-state index is -0.436. The van der Waals surface area contributed by atoms with Gasteiger partial charge >= 0.3 is 6.09 Å². The first-order valence-corrected chi connectivity index (χ1v) is 16.0. The van der Waals surface area contributed by atoms with Crippen molar-refractivity contribution in [3.05, 3.63) is 76.8 Å². The van der Waals surface area contributed by atoms with Crippen LogP contribution in [0.25, 0.3) is 11.1 Å². The van der Waals surface area contributed by atoms with Gasteiger partial charge in [0.2, 0.25) is 5.91 Å². The van der Waals surface area contributed by atoms with Gasteiger partial charge in [-0.3, -0.25) is 10.1 Å². The SMILES string of the molecule is COc1cc(NC(=O)CCCCc2ccc(-c3ccccc3)c(NC(=O)OC3C[C@@H]4[C@H]5O[C@H]5[C@H](C3)[N+]4(C)C)c2)c(Cl)cc1CO.[I-]. The van der Waals surface area contributed by atoms with Gasteiger partial charge in [-0.05, 0) is 42.5 Å². The molecule has 6 rings (SSSR count). The maximum atomic E-state index is 13.2. The van der Waals surface area contributed by atoms with E-state index in [2.05, 4.69) is 30.8 Å². The Morgan fingerprint density at radius 2 is 1.70 bits per heavy atom. The molecule has 3 aromatic carbocycles. The van der Waals surface area contributed by atoms with E-state index in [0.29, 0.717) is 64.8 Å². The van der Waals surface area contributed by atoms with Crippen molar-refractivity contribution in [2.75, 3.05) is 31.8 Å². The van der Waals surface area contributed by atoms with Crippen molar-refractivity contribution in [2.45, 2.75) is 75.5 Å². The summed E-state index contributed by atoms with van der Waals surface area (Å²) < 4.78 is 18.1. The minimum Gasteiger partial charge on any atom is -1.00 e. The van der Waals surface area contributed by atoms with Crippen molar-refractivity contribution in [3.63, 3.8) is 0 Å². The summed E-state index contributed by atoms with van der Waals surface area (Å²) in [5, 5.41) is 15.7. The fourth-order valence-electron chi connectivity index (χ4n) is 7.14. The topological polar surface area (TPSA) is 109 Å². The molecule has 11 heteroatoms. The Bertz CT molecular complexity index is 1550. The Balaban J connectivity index is 0.00000417. The normalized spacial score (nSPS) is 23.5. The van der Waals surface area contributed by atoms with Gasteiger partial charge in [0.05, 0.1) is 44.2 Å². The number of ether oxygens (including phenoxy) is 3. The summed E-state index contributed by atoms with van der Waals surface area (Å²) in [7, 11) is 6.02. The summed E-state index contributed by atoms with van der Waals surface area (Å²) in [6.45, 7) is -0.211. The number of benzene rings is 3. The molecule has 46 heavy (non-hydrogen) atoms. The summed E-state index contributed by atoms with van der Waals surface area (Å²) in [6.07, 6.45) is 4.18. The van der Waals surface area contributed by atoms with Crippen molar-refractivity contribution >= 4 is 35.0 Å². The number of unbranched alkanes of at least 4 members (excludes halogenated alkanes) is 1. The number of hydrogen-bond acceptors (Lipinski definition) is 6. The molecule has 0 spiro atoms. The van der Waals surface area contributed by atoms with Crippen LogP contribution in [0.4, 0.5) is 16.2 Å². The number of carbonyl (C=O) groups excluding carboxylic acids is 2.